The number of halogens is 2. The summed E-state index contributed by atoms with van der Waals surface area (Å²) in [6, 6.07) is 3.04. The second-order valence-corrected chi connectivity index (χ2v) is 4.39. The van der Waals surface area contributed by atoms with Gasteiger partial charge >= 0.3 is 5.97 Å². The van der Waals surface area contributed by atoms with Crippen LogP contribution in [0.3, 0.4) is 0 Å². The first-order chi connectivity index (χ1) is 9.10. The minimum absolute atomic E-state index is 0.0128. The molecular formula is C12H9F2NO3S. The van der Waals surface area contributed by atoms with Crippen molar-refractivity contribution in [3.05, 3.63) is 41.8 Å². The van der Waals surface area contributed by atoms with Crippen LogP contribution in [-0.2, 0) is 4.74 Å². The van der Waals surface area contributed by atoms with Crippen molar-refractivity contribution in [2.45, 2.75) is 17.0 Å². The number of rotatable bonds is 4. The zero-order chi connectivity index (χ0) is 13.8. The highest BCUT2D eigenvalue weighted by atomic mass is 32.2. The van der Waals surface area contributed by atoms with Crippen LogP contribution in [0.15, 0.2) is 39.0 Å². The molecule has 0 aliphatic rings. The fraction of sp³-hybridized carbons (Fsp3) is 0.167. The van der Waals surface area contributed by atoms with E-state index in [2.05, 4.69) is 4.98 Å². The Morgan fingerprint density at radius 3 is 3.00 bits per heavy atom. The summed E-state index contributed by atoms with van der Waals surface area (Å²) in [5.41, 5.74) is -0.0128. The van der Waals surface area contributed by atoms with Crippen molar-refractivity contribution in [2.75, 3.05) is 6.61 Å². The van der Waals surface area contributed by atoms with Gasteiger partial charge in [-0.3, -0.25) is 0 Å². The smallest absolute Gasteiger partial charge is 0.360 e. The molecule has 19 heavy (non-hydrogen) atoms. The number of aromatic nitrogens is 1. The van der Waals surface area contributed by atoms with E-state index in [-0.39, 0.29) is 22.4 Å². The molecule has 0 aliphatic carbocycles. The predicted octanol–water partition coefficient (Wildman–Crippen LogP) is 3.28. The van der Waals surface area contributed by atoms with Gasteiger partial charge in [-0.05, 0) is 36.9 Å². The summed E-state index contributed by atoms with van der Waals surface area (Å²) >= 11 is 0.784. The molecule has 0 unspecified atom stereocenters. The molecule has 100 valence electrons. The molecule has 7 heteroatoms. The normalized spacial score (nSPS) is 10.5. The summed E-state index contributed by atoms with van der Waals surface area (Å²) in [6.07, 6.45) is 1.11. The van der Waals surface area contributed by atoms with E-state index >= 15 is 0 Å². The average molecular weight is 285 g/mol. The molecule has 0 fully saturated rings. The Bertz CT molecular complexity index is 600. The molecule has 4 nitrogen and oxygen atoms in total. The highest BCUT2D eigenvalue weighted by Crippen LogP contribution is 2.29. The minimum Gasteiger partial charge on any atom is -0.461 e. The monoisotopic (exact) mass is 285 g/mol. The second-order valence-electron chi connectivity index (χ2n) is 3.40. The number of hydrogen-bond acceptors (Lipinski definition) is 5. The van der Waals surface area contributed by atoms with Crippen LogP contribution >= 0.6 is 11.8 Å². The van der Waals surface area contributed by atoms with E-state index < -0.39 is 17.6 Å². The van der Waals surface area contributed by atoms with Crippen molar-refractivity contribution in [1.82, 2.24) is 4.98 Å². The fourth-order valence-electron chi connectivity index (χ4n) is 1.25. The van der Waals surface area contributed by atoms with Gasteiger partial charge in [0.1, 0.15) is 17.9 Å². The van der Waals surface area contributed by atoms with E-state index in [1.54, 1.807) is 6.92 Å². The third-order valence-corrected chi connectivity index (χ3v) is 2.95. The van der Waals surface area contributed by atoms with Crippen LogP contribution in [0.2, 0.25) is 0 Å². The third kappa shape index (κ3) is 3.31. The maximum Gasteiger partial charge on any atom is 0.360 e. The zero-order valence-electron chi connectivity index (χ0n) is 9.85. The molecule has 0 saturated heterocycles. The molecule has 0 amide bonds. The Morgan fingerprint density at radius 2 is 2.26 bits per heavy atom. The Kier molecular flexibility index (Phi) is 4.16. The van der Waals surface area contributed by atoms with Crippen LogP contribution in [0.5, 0.6) is 0 Å². The number of benzene rings is 1. The van der Waals surface area contributed by atoms with Crippen LogP contribution in [-0.4, -0.2) is 17.6 Å². The SMILES string of the molecule is CCOC(=O)c1coc(Sc2cc(F)ccc2F)n1. The maximum atomic E-state index is 13.4. The van der Waals surface area contributed by atoms with Gasteiger partial charge in [-0.25, -0.2) is 13.6 Å². The molecule has 1 aromatic heterocycles. The third-order valence-electron chi connectivity index (χ3n) is 2.06. The number of ether oxygens (including phenoxy) is 1. The Labute approximate surface area is 111 Å². The lowest BCUT2D eigenvalue weighted by Gasteiger charge is -1.99. The van der Waals surface area contributed by atoms with E-state index in [0.29, 0.717) is 0 Å². The van der Waals surface area contributed by atoms with Crippen LogP contribution in [0.1, 0.15) is 17.4 Å². The van der Waals surface area contributed by atoms with Crippen molar-refractivity contribution in [1.29, 1.82) is 0 Å². The van der Waals surface area contributed by atoms with Gasteiger partial charge in [0, 0.05) is 0 Å². The zero-order valence-corrected chi connectivity index (χ0v) is 10.7. The summed E-state index contributed by atoms with van der Waals surface area (Å²) in [4.78, 5) is 15.2. The summed E-state index contributed by atoms with van der Waals surface area (Å²) < 4.78 is 36.1. The van der Waals surface area contributed by atoms with Gasteiger partial charge in [0.15, 0.2) is 5.69 Å². The Balaban J connectivity index is 2.15. The van der Waals surface area contributed by atoms with Gasteiger partial charge in [-0.1, -0.05) is 0 Å². The van der Waals surface area contributed by atoms with Gasteiger partial charge in [-0.2, -0.15) is 4.98 Å². The summed E-state index contributed by atoms with van der Waals surface area (Å²) in [7, 11) is 0. The molecule has 2 aromatic rings. The summed E-state index contributed by atoms with van der Waals surface area (Å²) in [5, 5.41) is 0.0348. The van der Waals surface area contributed by atoms with Gasteiger partial charge in [-0.15, -0.1) is 0 Å². The van der Waals surface area contributed by atoms with Crippen LogP contribution in [0.25, 0.3) is 0 Å². The highest BCUT2D eigenvalue weighted by molar-refractivity contribution is 7.99. The summed E-state index contributed by atoms with van der Waals surface area (Å²) in [6.45, 7) is 1.88. The highest BCUT2D eigenvalue weighted by Gasteiger charge is 2.15. The largest absolute Gasteiger partial charge is 0.461 e. The topological polar surface area (TPSA) is 52.3 Å². The number of esters is 1. The van der Waals surface area contributed by atoms with Crippen LogP contribution in [0, 0.1) is 11.6 Å². The molecule has 0 spiro atoms. The first kappa shape index (κ1) is 13.5. The van der Waals surface area contributed by atoms with Gasteiger partial charge in [0.2, 0.25) is 0 Å². The maximum absolute atomic E-state index is 13.4. The molecule has 0 N–H and O–H groups in total. The fourth-order valence-corrected chi connectivity index (χ4v) is 2.02. The van der Waals surface area contributed by atoms with Gasteiger partial charge < -0.3 is 9.15 Å². The molecule has 0 saturated carbocycles. The van der Waals surface area contributed by atoms with Gasteiger partial charge in [0.05, 0.1) is 11.5 Å². The molecule has 0 aliphatic heterocycles. The van der Waals surface area contributed by atoms with Crippen LogP contribution in [0.4, 0.5) is 8.78 Å². The number of hydrogen-bond donors (Lipinski definition) is 0. The Hall–Kier alpha value is -1.89. The minimum atomic E-state index is -0.627. The average Bonchev–Trinajstić information content (AvgIpc) is 2.83. The number of carbonyl (C=O) groups is 1. The molecule has 1 heterocycles. The molecule has 0 atom stereocenters. The molecule has 0 bridgehead atoms. The summed E-state index contributed by atoms with van der Waals surface area (Å²) in [5.74, 6) is -1.79. The van der Waals surface area contributed by atoms with Crippen molar-refractivity contribution in [2.24, 2.45) is 0 Å². The van der Waals surface area contributed by atoms with E-state index in [0.717, 1.165) is 36.2 Å². The standard InChI is InChI=1S/C12H9F2NO3S/c1-2-17-11(16)9-6-18-12(15-9)19-10-5-7(13)3-4-8(10)14/h3-6H,2H2,1H3. The van der Waals surface area contributed by atoms with Crippen molar-refractivity contribution in [3.8, 4) is 0 Å². The van der Waals surface area contributed by atoms with E-state index in [4.69, 9.17) is 9.15 Å². The lowest BCUT2D eigenvalue weighted by molar-refractivity contribution is 0.0519. The number of carbonyl (C=O) groups excluding carboxylic acids is 1. The van der Waals surface area contributed by atoms with Crippen LogP contribution < -0.4 is 0 Å². The van der Waals surface area contributed by atoms with Crippen molar-refractivity contribution >= 4 is 17.7 Å². The lowest BCUT2D eigenvalue weighted by atomic mass is 10.3. The first-order valence-electron chi connectivity index (χ1n) is 5.35. The molecule has 1 aromatic carbocycles. The van der Waals surface area contributed by atoms with Gasteiger partial charge in [0.25, 0.3) is 5.22 Å². The number of nitrogens with zero attached hydrogens (tertiary/aromatic N) is 1. The first-order valence-corrected chi connectivity index (χ1v) is 6.17. The van der Waals surface area contributed by atoms with E-state index in [1.165, 1.54) is 0 Å². The quantitative estimate of drug-likeness (QED) is 0.807. The predicted molar refractivity (Wildman–Crippen MR) is 62.9 cm³/mol. The van der Waals surface area contributed by atoms with E-state index in [1.807, 2.05) is 0 Å². The van der Waals surface area contributed by atoms with E-state index in [9.17, 15) is 13.6 Å². The molecule has 0 radical (unpaired) electrons. The molecule has 2 rings (SSSR count). The van der Waals surface area contributed by atoms with Crippen molar-refractivity contribution < 1.29 is 22.7 Å². The number of oxazole rings is 1. The molecular weight excluding hydrogens is 276 g/mol. The lowest BCUT2D eigenvalue weighted by Crippen LogP contribution is -2.04. The Morgan fingerprint density at radius 1 is 1.47 bits per heavy atom. The van der Waals surface area contributed by atoms with Crippen molar-refractivity contribution in [3.63, 3.8) is 0 Å². The second kappa shape index (κ2) is 5.83.